The van der Waals surface area contributed by atoms with Crippen LogP contribution in [0.5, 0.6) is 0 Å². The fourth-order valence-electron chi connectivity index (χ4n) is 1.99. The van der Waals surface area contributed by atoms with Crippen molar-refractivity contribution in [2.24, 2.45) is 0 Å². The van der Waals surface area contributed by atoms with Gasteiger partial charge in [0.1, 0.15) is 0 Å². The summed E-state index contributed by atoms with van der Waals surface area (Å²) in [4.78, 5) is 15.1. The number of benzene rings is 1. The lowest BCUT2D eigenvalue weighted by Gasteiger charge is -2.18. The van der Waals surface area contributed by atoms with Crippen molar-refractivity contribution in [3.05, 3.63) is 46.7 Å². The minimum absolute atomic E-state index is 0.0277. The van der Waals surface area contributed by atoms with Crippen molar-refractivity contribution >= 4 is 28.6 Å². The Morgan fingerprint density at radius 3 is 2.67 bits per heavy atom. The monoisotopic (exact) mass is 304 g/mol. The molecule has 4 nitrogen and oxygen atoms in total. The van der Waals surface area contributed by atoms with E-state index in [1.807, 2.05) is 53.7 Å². The third-order valence-corrected chi connectivity index (χ3v) is 4.14. The summed E-state index contributed by atoms with van der Waals surface area (Å²) in [6, 6.07) is 11.7. The Balaban J connectivity index is 1.83. The molecule has 2 rings (SSSR count). The van der Waals surface area contributed by atoms with Crippen LogP contribution in [-0.2, 0) is 11.2 Å². The number of carbonyl (C=O) groups excluding carboxylic acids is 1. The first-order valence-corrected chi connectivity index (χ1v) is 7.81. The molecular formula is C16H20N2O2S. The van der Waals surface area contributed by atoms with Crippen molar-refractivity contribution in [2.45, 2.75) is 12.8 Å². The number of hydrogen-bond acceptors (Lipinski definition) is 4. The summed E-state index contributed by atoms with van der Waals surface area (Å²) < 4.78 is 0. The normalized spacial score (nSPS) is 10.4. The van der Waals surface area contributed by atoms with E-state index in [0.717, 1.165) is 17.8 Å². The average molecular weight is 304 g/mol. The third kappa shape index (κ3) is 4.88. The molecule has 112 valence electrons. The number of nitrogens with one attached hydrogen (secondary N) is 1. The van der Waals surface area contributed by atoms with Gasteiger partial charge in [-0.05, 0) is 42.1 Å². The van der Waals surface area contributed by atoms with Gasteiger partial charge in [0.15, 0.2) is 0 Å². The summed E-state index contributed by atoms with van der Waals surface area (Å²) in [6.45, 7) is 0.713. The molecule has 1 aromatic heterocycles. The van der Waals surface area contributed by atoms with Gasteiger partial charge in [-0.15, -0.1) is 11.3 Å². The molecule has 1 amide bonds. The lowest BCUT2D eigenvalue weighted by molar-refractivity contribution is -0.116. The molecule has 0 fully saturated rings. The van der Waals surface area contributed by atoms with Crippen LogP contribution in [0.1, 0.15) is 11.3 Å². The van der Waals surface area contributed by atoms with Crippen molar-refractivity contribution in [1.29, 1.82) is 0 Å². The van der Waals surface area contributed by atoms with E-state index in [2.05, 4.69) is 5.32 Å². The maximum atomic E-state index is 11.9. The number of amides is 1. The van der Waals surface area contributed by atoms with E-state index in [1.165, 1.54) is 4.88 Å². The molecule has 1 heterocycles. The van der Waals surface area contributed by atoms with Crippen LogP contribution >= 0.6 is 11.3 Å². The van der Waals surface area contributed by atoms with Crippen molar-refractivity contribution < 1.29 is 9.90 Å². The van der Waals surface area contributed by atoms with Crippen molar-refractivity contribution in [3.63, 3.8) is 0 Å². The molecule has 21 heavy (non-hydrogen) atoms. The first-order chi connectivity index (χ1) is 10.2. The lowest BCUT2D eigenvalue weighted by Crippen LogP contribution is -2.21. The second-order valence-corrected chi connectivity index (χ2v) is 5.85. The molecule has 0 saturated carbocycles. The summed E-state index contributed by atoms with van der Waals surface area (Å²) in [5, 5.41) is 13.8. The molecule has 2 aromatic rings. The van der Waals surface area contributed by atoms with Gasteiger partial charge >= 0.3 is 0 Å². The predicted molar refractivity (Wildman–Crippen MR) is 88.1 cm³/mol. The Hall–Kier alpha value is -1.85. The van der Waals surface area contributed by atoms with E-state index in [9.17, 15) is 4.79 Å². The Morgan fingerprint density at radius 1 is 1.29 bits per heavy atom. The number of nitrogens with zero attached hydrogens (tertiary/aromatic N) is 1. The average Bonchev–Trinajstić information content (AvgIpc) is 2.99. The van der Waals surface area contributed by atoms with Gasteiger partial charge in [-0.3, -0.25) is 4.79 Å². The summed E-state index contributed by atoms with van der Waals surface area (Å²) in [7, 11) is 1.92. The van der Waals surface area contributed by atoms with Gasteiger partial charge in [-0.2, -0.15) is 0 Å². The van der Waals surface area contributed by atoms with Crippen LogP contribution in [0, 0.1) is 0 Å². The van der Waals surface area contributed by atoms with Crippen LogP contribution in [0.25, 0.3) is 0 Å². The highest BCUT2D eigenvalue weighted by Crippen LogP contribution is 2.17. The Bertz CT molecular complexity index is 552. The van der Waals surface area contributed by atoms with Gasteiger partial charge in [0.2, 0.25) is 5.91 Å². The Labute approximate surface area is 129 Å². The van der Waals surface area contributed by atoms with Gasteiger partial charge < -0.3 is 15.3 Å². The second kappa shape index (κ2) is 7.81. The third-order valence-electron chi connectivity index (χ3n) is 3.21. The first kappa shape index (κ1) is 15.5. The zero-order valence-corrected chi connectivity index (χ0v) is 12.9. The van der Waals surface area contributed by atoms with Crippen LogP contribution in [0.3, 0.4) is 0 Å². The molecule has 1 aromatic carbocycles. The zero-order chi connectivity index (χ0) is 15.1. The molecule has 0 aliphatic rings. The fourth-order valence-corrected chi connectivity index (χ4v) is 2.70. The maximum absolute atomic E-state index is 11.9. The summed E-state index contributed by atoms with van der Waals surface area (Å²) in [5.74, 6) is 0.0277. The standard InChI is InChI=1S/C16H20N2O2S/c1-18(10-11-19)14-6-4-13(5-7-14)17-16(20)9-8-15-3-2-12-21-15/h2-7,12,19H,8-11H2,1H3,(H,17,20). The highest BCUT2D eigenvalue weighted by atomic mass is 32.1. The van der Waals surface area contributed by atoms with Gasteiger partial charge in [0.25, 0.3) is 0 Å². The topological polar surface area (TPSA) is 52.6 Å². The quantitative estimate of drug-likeness (QED) is 0.827. The minimum Gasteiger partial charge on any atom is -0.395 e. The number of thiophene rings is 1. The van der Waals surface area contributed by atoms with E-state index in [0.29, 0.717) is 13.0 Å². The number of aliphatic hydroxyl groups excluding tert-OH is 1. The molecule has 0 aliphatic heterocycles. The smallest absolute Gasteiger partial charge is 0.224 e. The van der Waals surface area contributed by atoms with Crippen LogP contribution in [-0.4, -0.2) is 31.2 Å². The molecular weight excluding hydrogens is 284 g/mol. The van der Waals surface area contributed by atoms with Crippen LogP contribution in [0.15, 0.2) is 41.8 Å². The Kier molecular flexibility index (Phi) is 5.78. The van der Waals surface area contributed by atoms with Crippen LogP contribution < -0.4 is 10.2 Å². The van der Waals surface area contributed by atoms with E-state index >= 15 is 0 Å². The zero-order valence-electron chi connectivity index (χ0n) is 12.1. The number of aliphatic hydroxyl groups is 1. The summed E-state index contributed by atoms with van der Waals surface area (Å²) in [6.07, 6.45) is 1.27. The number of hydrogen-bond donors (Lipinski definition) is 2. The van der Waals surface area contributed by atoms with E-state index in [-0.39, 0.29) is 12.5 Å². The van der Waals surface area contributed by atoms with Crippen LogP contribution in [0.4, 0.5) is 11.4 Å². The highest BCUT2D eigenvalue weighted by molar-refractivity contribution is 7.09. The number of rotatable bonds is 7. The highest BCUT2D eigenvalue weighted by Gasteiger charge is 2.05. The van der Waals surface area contributed by atoms with Gasteiger partial charge in [-0.1, -0.05) is 6.07 Å². The molecule has 0 spiro atoms. The van der Waals surface area contributed by atoms with Crippen molar-refractivity contribution in [2.75, 3.05) is 30.4 Å². The van der Waals surface area contributed by atoms with E-state index in [1.54, 1.807) is 11.3 Å². The minimum atomic E-state index is 0.0277. The maximum Gasteiger partial charge on any atom is 0.224 e. The second-order valence-electron chi connectivity index (χ2n) is 4.82. The largest absolute Gasteiger partial charge is 0.395 e. The molecule has 0 unspecified atom stereocenters. The summed E-state index contributed by atoms with van der Waals surface area (Å²) >= 11 is 1.68. The molecule has 2 N–H and O–H groups in total. The van der Waals surface area contributed by atoms with Crippen LogP contribution in [0.2, 0.25) is 0 Å². The van der Waals surface area contributed by atoms with Crippen molar-refractivity contribution in [3.8, 4) is 0 Å². The lowest BCUT2D eigenvalue weighted by atomic mass is 10.2. The molecule has 5 heteroatoms. The van der Waals surface area contributed by atoms with E-state index < -0.39 is 0 Å². The van der Waals surface area contributed by atoms with Gasteiger partial charge in [0, 0.05) is 36.3 Å². The SMILES string of the molecule is CN(CCO)c1ccc(NC(=O)CCc2cccs2)cc1. The first-order valence-electron chi connectivity index (χ1n) is 6.93. The molecule has 0 aliphatic carbocycles. The molecule has 0 radical (unpaired) electrons. The van der Waals surface area contributed by atoms with Gasteiger partial charge in [0.05, 0.1) is 6.61 Å². The van der Waals surface area contributed by atoms with Crippen molar-refractivity contribution in [1.82, 2.24) is 0 Å². The molecule has 0 bridgehead atoms. The number of anilines is 2. The number of likely N-dealkylation sites (N-methyl/N-ethyl adjacent to an activating group) is 1. The molecule has 0 atom stereocenters. The summed E-state index contributed by atoms with van der Waals surface area (Å²) in [5.41, 5.74) is 1.81. The van der Waals surface area contributed by atoms with Gasteiger partial charge in [-0.25, -0.2) is 0 Å². The number of aryl methyl sites for hydroxylation is 1. The fraction of sp³-hybridized carbons (Fsp3) is 0.312. The predicted octanol–water partition coefficient (Wildman–Crippen LogP) is 2.75. The number of carbonyl (C=O) groups is 1. The van der Waals surface area contributed by atoms with E-state index in [4.69, 9.17) is 5.11 Å². The molecule has 0 saturated heterocycles. The Morgan fingerprint density at radius 2 is 2.05 bits per heavy atom.